The minimum atomic E-state index is 0.280. The van der Waals surface area contributed by atoms with E-state index < -0.39 is 0 Å². The van der Waals surface area contributed by atoms with Crippen LogP contribution >= 0.6 is 11.6 Å². The number of rotatable bonds is 2. The second kappa shape index (κ2) is 4.48. The maximum Gasteiger partial charge on any atom is 0.231 e. The van der Waals surface area contributed by atoms with Crippen molar-refractivity contribution in [2.75, 3.05) is 12.1 Å². The van der Waals surface area contributed by atoms with Gasteiger partial charge in [0.15, 0.2) is 11.5 Å². The molecule has 4 heteroatoms. The lowest BCUT2D eigenvalue weighted by atomic mass is 9.91. The van der Waals surface area contributed by atoms with Gasteiger partial charge in [-0.3, -0.25) is 0 Å². The summed E-state index contributed by atoms with van der Waals surface area (Å²) in [5.41, 5.74) is 1.35. The van der Waals surface area contributed by atoms with E-state index in [0.29, 0.717) is 22.4 Å². The fourth-order valence-electron chi connectivity index (χ4n) is 3.31. The van der Waals surface area contributed by atoms with Crippen molar-refractivity contribution < 1.29 is 9.47 Å². The molecule has 0 radical (unpaired) electrons. The van der Waals surface area contributed by atoms with Gasteiger partial charge in [0, 0.05) is 18.2 Å². The molecule has 0 amide bonds. The highest BCUT2D eigenvalue weighted by Crippen LogP contribution is 2.44. The first-order chi connectivity index (χ1) is 8.94. The molecule has 1 aliphatic heterocycles. The van der Waals surface area contributed by atoms with Crippen LogP contribution in [0.1, 0.15) is 33.6 Å². The highest BCUT2D eigenvalue weighted by Gasteiger charge is 2.36. The fraction of sp³-hybridized carbons (Fsp3) is 0.600. The van der Waals surface area contributed by atoms with Crippen molar-refractivity contribution in [3.8, 4) is 11.5 Å². The molecule has 0 aromatic heterocycles. The maximum absolute atomic E-state index is 6.31. The maximum atomic E-state index is 6.31. The van der Waals surface area contributed by atoms with E-state index in [2.05, 4.69) is 26.1 Å². The van der Waals surface area contributed by atoms with Crippen LogP contribution < -0.4 is 14.8 Å². The summed E-state index contributed by atoms with van der Waals surface area (Å²) in [4.78, 5) is 0. The second-order valence-electron chi connectivity index (χ2n) is 6.49. The van der Waals surface area contributed by atoms with Gasteiger partial charge in [-0.1, -0.05) is 32.4 Å². The molecule has 1 N–H and O–H groups in total. The number of fused-ring (bicyclic) bond motifs is 1. The van der Waals surface area contributed by atoms with Crippen molar-refractivity contribution in [3.05, 3.63) is 17.2 Å². The van der Waals surface area contributed by atoms with Crippen LogP contribution in [0.3, 0.4) is 0 Å². The Morgan fingerprint density at radius 1 is 1.21 bits per heavy atom. The molecule has 2 unspecified atom stereocenters. The van der Waals surface area contributed by atoms with Crippen LogP contribution in [0.5, 0.6) is 11.5 Å². The molecular formula is C15H20ClNO2. The summed E-state index contributed by atoms with van der Waals surface area (Å²) < 4.78 is 10.7. The largest absolute Gasteiger partial charge is 0.454 e. The van der Waals surface area contributed by atoms with E-state index in [1.807, 2.05) is 12.1 Å². The van der Waals surface area contributed by atoms with E-state index in [9.17, 15) is 0 Å². The summed E-state index contributed by atoms with van der Waals surface area (Å²) in [7, 11) is 0. The molecule has 2 atom stereocenters. The van der Waals surface area contributed by atoms with E-state index in [-0.39, 0.29) is 6.79 Å². The molecule has 1 aromatic carbocycles. The minimum absolute atomic E-state index is 0.280. The Kier molecular flexibility index (Phi) is 3.05. The number of halogens is 1. The Morgan fingerprint density at radius 2 is 1.89 bits per heavy atom. The molecule has 0 spiro atoms. The van der Waals surface area contributed by atoms with Gasteiger partial charge < -0.3 is 14.8 Å². The number of nitrogens with one attached hydrogen (secondary N) is 1. The predicted octanol–water partition coefficient (Wildman–Crippen LogP) is 4.31. The lowest BCUT2D eigenvalue weighted by Gasteiger charge is -2.20. The van der Waals surface area contributed by atoms with Crippen molar-refractivity contribution in [2.24, 2.45) is 11.3 Å². The topological polar surface area (TPSA) is 30.5 Å². The first-order valence-corrected chi connectivity index (χ1v) is 7.18. The van der Waals surface area contributed by atoms with Crippen molar-refractivity contribution in [2.45, 2.75) is 39.7 Å². The molecule has 19 heavy (non-hydrogen) atoms. The lowest BCUT2D eigenvalue weighted by molar-refractivity contribution is 0.174. The zero-order valence-electron chi connectivity index (χ0n) is 11.6. The van der Waals surface area contributed by atoms with Crippen LogP contribution in [0.4, 0.5) is 5.69 Å². The first-order valence-electron chi connectivity index (χ1n) is 6.80. The number of hydrogen-bond donors (Lipinski definition) is 1. The highest BCUT2D eigenvalue weighted by atomic mass is 35.5. The molecule has 1 heterocycles. The van der Waals surface area contributed by atoms with Crippen molar-refractivity contribution in [1.82, 2.24) is 0 Å². The summed E-state index contributed by atoms with van der Waals surface area (Å²) in [6.45, 7) is 7.23. The van der Waals surface area contributed by atoms with E-state index in [1.165, 1.54) is 12.8 Å². The number of hydrogen-bond acceptors (Lipinski definition) is 3. The van der Waals surface area contributed by atoms with Gasteiger partial charge in [0.2, 0.25) is 6.79 Å². The highest BCUT2D eigenvalue weighted by molar-refractivity contribution is 6.33. The first kappa shape index (κ1) is 12.9. The van der Waals surface area contributed by atoms with Crippen LogP contribution in [0, 0.1) is 11.3 Å². The Bertz CT molecular complexity index is 501. The van der Waals surface area contributed by atoms with Gasteiger partial charge in [-0.25, -0.2) is 0 Å². The fourth-order valence-corrected chi connectivity index (χ4v) is 3.52. The van der Waals surface area contributed by atoms with Gasteiger partial charge in [0.1, 0.15) is 0 Å². The molecule has 1 saturated carbocycles. The van der Waals surface area contributed by atoms with Gasteiger partial charge in [-0.2, -0.15) is 0 Å². The Balaban J connectivity index is 1.81. The zero-order chi connectivity index (χ0) is 13.6. The molecule has 2 aliphatic rings. The van der Waals surface area contributed by atoms with Gasteiger partial charge in [0.05, 0.1) is 10.7 Å². The van der Waals surface area contributed by atoms with Crippen LogP contribution in [0.15, 0.2) is 12.1 Å². The van der Waals surface area contributed by atoms with Gasteiger partial charge in [-0.05, 0) is 24.2 Å². The number of anilines is 1. The predicted molar refractivity (Wildman–Crippen MR) is 77.2 cm³/mol. The number of benzene rings is 1. The van der Waals surface area contributed by atoms with Crippen LogP contribution in [0.2, 0.25) is 5.02 Å². The van der Waals surface area contributed by atoms with E-state index >= 15 is 0 Å². The summed E-state index contributed by atoms with van der Waals surface area (Å²) in [5, 5.41) is 4.27. The summed E-state index contributed by atoms with van der Waals surface area (Å²) >= 11 is 6.31. The van der Waals surface area contributed by atoms with Crippen molar-refractivity contribution in [3.63, 3.8) is 0 Å². The summed E-state index contributed by atoms with van der Waals surface area (Å²) in [6.07, 6.45) is 2.41. The third-order valence-electron chi connectivity index (χ3n) is 4.14. The third kappa shape index (κ3) is 2.48. The van der Waals surface area contributed by atoms with E-state index in [4.69, 9.17) is 21.1 Å². The molecule has 104 valence electrons. The van der Waals surface area contributed by atoms with Crippen molar-refractivity contribution >= 4 is 17.3 Å². The van der Waals surface area contributed by atoms with E-state index in [0.717, 1.165) is 17.2 Å². The average molecular weight is 282 g/mol. The van der Waals surface area contributed by atoms with Crippen LogP contribution in [-0.4, -0.2) is 12.8 Å². The van der Waals surface area contributed by atoms with Gasteiger partial charge >= 0.3 is 0 Å². The smallest absolute Gasteiger partial charge is 0.231 e. The molecule has 1 aromatic rings. The molecule has 3 nitrogen and oxygen atoms in total. The molecule has 1 fully saturated rings. The normalized spacial score (nSPS) is 27.6. The van der Waals surface area contributed by atoms with Crippen molar-refractivity contribution in [1.29, 1.82) is 0 Å². The second-order valence-corrected chi connectivity index (χ2v) is 6.89. The minimum Gasteiger partial charge on any atom is -0.454 e. The molecular weight excluding hydrogens is 262 g/mol. The monoisotopic (exact) mass is 281 g/mol. The Hall–Kier alpha value is -1.09. The quantitative estimate of drug-likeness (QED) is 0.876. The number of ether oxygens (including phenoxy) is 2. The van der Waals surface area contributed by atoms with Gasteiger partial charge in [-0.15, -0.1) is 0 Å². The summed E-state index contributed by atoms with van der Waals surface area (Å²) in [5.74, 6) is 2.16. The van der Waals surface area contributed by atoms with Crippen LogP contribution in [0.25, 0.3) is 0 Å². The average Bonchev–Trinajstić information content (AvgIpc) is 2.83. The van der Waals surface area contributed by atoms with Gasteiger partial charge in [0.25, 0.3) is 0 Å². The molecule has 0 bridgehead atoms. The standard InChI is InChI=1S/C15H20ClNO2/c1-9-6-15(2,3)7-12(9)17-11-5-14-13(4-10(11)16)18-8-19-14/h4-5,9,12,17H,6-8H2,1-3H3. The lowest BCUT2D eigenvalue weighted by Crippen LogP contribution is -2.22. The molecule has 0 saturated heterocycles. The Morgan fingerprint density at radius 3 is 2.53 bits per heavy atom. The third-order valence-corrected chi connectivity index (χ3v) is 4.45. The molecule has 1 aliphatic carbocycles. The molecule has 3 rings (SSSR count). The summed E-state index contributed by atoms with van der Waals surface area (Å²) in [6, 6.07) is 4.24. The zero-order valence-corrected chi connectivity index (χ0v) is 12.4. The van der Waals surface area contributed by atoms with E-state index in [1.54, 1.807) is 0 Å². The van der Waals surface area contributed by atoms with Crippen LogP contribution in [-0.2, 0) is 0 Å². The Labute approximate surface area is 119 Å². The SMILES string of the molecule is CC1CC(C)(C)CC1Nc1cc2c(cc1Cl)OCO2.